The molecule has 0 aliphatic heterocycles. The third-order valence-electron chi connectivity index (χ3n) is 1.51. The van der Waals surface area contributed by atoms with Gasteiger partial charge in [-0.1, -0.05) is 0 Å². The average molecular weight is 198 g/mol. The number of hydrogen-bond donors (Lipinski definition) is 1. The molecular weight excluding hydrogens is 188 g/mol. The van der Waals surface area contributed by atoms with Gasteiger partial charge in [0.15, 0.2) is 0 Å². The summed E-state index contributed by atoms with van der Waals surface area (Å²) in [6.07, 6.45) is 1.89. The minimum atomic E-state index is -0.461. The van der Waals surface area contributed by atoms with Crippen LogP contribution in [0.25, 0.3) is 0 Å². The van der Waals surface area contributed by atoms with Gasteiger partial charge in [-0.25, -0.2) is 9.78 Å². The fourth-order valence-electron chi connectivity index (χ4n) is 0.852. The summed E-state index contributed by atoms with van der Waals surface area (Å²) in [5.74, 6) is -0.253. The van der Waals surface area contributed by atoms with Crippen molar-refractivity contribution < 1.29 is 9.53 Å². The molecule has 2 N–H and O–H groups in total. The average Bonchev–Trinajstić information content (AvgIpc) is 2.16. The first-order valence-electron chi connectivity index (χ1n) is 3.58. The number of nitrogens with two attached hydrogens (primary N) is 1. The zero-order chi connectivity index (χ0) is 9.84. The molecule has 0 unspecified atom stereocenters. The third-order valence-corrected chi connectivity index (χ3v) is 2.16. The van der Waals surface area contributed by atoms with Crippen LogP contribution in [-0.4, -0.2) is 24.3 Å². The van der Waals surface area contributed by atoms with Crippen LogP contribution in [0.1, 0.15) is 10.4 Å². The Balaban J connectivity index is 3.05. The van der Waals surface area contributed by atoms with Crippen LogP contribution in [0.5, 0.6) is 0 Å². The molecule has 13 heavy (non-hydrogen) atoms. The molecular formula is C8H10N2O2S. The standard InChI is InChI=1S/C8H10N2O2S/c1-12-8(11)5-3-4-6(13-2)10-7(5)9/h3-4H,1-2H3,(H2,9,10). The number of thioether (sulfide) groups is 1. The fourth-order valence-corrected chi connectivity index (χ4v) is 1.25. The summed E-state index contributed by atoms with van der Waals surface area (Å²) in [5.41, 5.74) is 5.85. The Kier molecular flexibility index (Phi) is 3.13. The van der Waals surface area contributed by atoms with Crippen molar-refractivity contribution in [1.29, 1.82) is 0 Å². The first kappa shape index (κ1) is 9.85. The second-order valence-corrected chi connectivity index (χ2v) is 3.10. The van der Waals surface area contributed by atoms with Gasteiger partial charge in [0.2, 0.25) is 0 Å². The van der Waals surface area contributed by atoms with Gasteiger partial charge in [-0.15, -0.1) is 11.8 Å². The van der Waals surface area contributed by atoms with Gasteiger partial charge in [0, 0.05) is 0 Å². The maximum Gasteiger partial charge on any atom is 0.341 e. The molecule has 0 bridgehead atoms. The molecule has 0 atom stereocenters. The Bertz CT molecular complexity index is 328. The van der Waals surface area contributed by atoms with Gasteiger partial charge in [-0.3, -0.25) is 0 Å². The van der Waals surface area contributed by atoms with Crippen molar-refractivity contribution in [1.82, 2.24) is 4.98 Å². The molecule has 0 amide bonds. The summed E-state index contributed by atoms with van der Waals surface area (Å²) in [6, 6.07) is 3.34. The van der Waals surface area contributed by atoms with E-state index in [0.29, 0.717) is 5.56 Å². The van der Waals surface area contributed by atoms with Gasteiger partial charge in [0.25, 0.3) is 0 Å². The molecule has 0 saturated heterocycles. The molecule has 0 radical (unpaired) electrons. The molecule has 0 aromatic carbocycles. The van der Waals surface area contributed by atoms with Crippen molar-refractivity contribution in [2.75, 3.05) is 19.1 Å². The van der Waals surface area contributed by atoms with Gasteiger partial charge >= 0.3 is 5.97 Å². The lowest BCUT2D eigenvalue weighted by Crippen LogP contribution is -2.07. The van der Waals surface area contributed by atoms with Crippen molar-refractivity contribution in [3.05, 3.63) is 17.7 Å². The van der Waals surface area contributed by atoms with E-state index in [1.165, 1.54) is 18.9 Å². The molecule has 0 fully saturated rings. The van der Waals surface area contributed by atoms with Gasteiger partial charge in [-0.05, 0) is 18.4 Å². The number of hydrogen-bond acceptors (Lipinski definition) is 5. The molecule has 1 rings (SSSR count). The zero-order valence-electron chi connectivity index (χ0n) is 7.40. The minimum absolute atomic E-state index is 0.207. The Labute approximate surface area is 80.5 Å². The lowest BCUT2D eigenvalue weighted by atomic mass is 10.2. The number of carbonyl (C=O) groups is 1. The smallest absolute Gasteiger partial charge is 0.341 e. The van der Waals surface area contributed by atoms with Crippen molar-refractivity contribution >= 4 is 23.5 Å². The van der Waals surface area contributed by atoms with Crippen LogP contribution in [0.2, 0.25) is 0 Å². The van der Waals surface area contributed by atoms with E-state index in [0.717, 1.165) is 5.03 Å². The maximum atomic E-state index is 11.1. The summed E-state index contributed by atoms with van der Waals surface area (Å²) in [5, 5.41) is 0.783. The molecule has 1 aromatic rings. The molecule has 4 nitrogen and oxygen atoms in total. The Morgan fingerprint density at radius 2 is 2.31 bits per heavy atom. The normalized spacial score (nSPS) is 9.69. The number of carbonyl (C=O) groups excluding carboxylic acids is 1. The highest BCUT2D eigenvalue weighted by atomic mass is 32.2. The fraction of sp³-hybridized carbons (Fsp3) is 0.250. The third kappa shape index (κ3) is 2.12. The monoisotopic (exact) mass is 198 g/mol. The van der Waals surface area contributed by atoms with Crippen LogP contribution >= 0.6 is 11.8 Å². The van der Waals surface area contributed by atoms with E-state index < -0.39 is 5.97 Å². The second-order valence-electron chi connectivity index (χ2n) is 2.28. The molecule has 0 aliphatic rings. The predicted octanol–water partition coefficient (Wildman–Crippen LogP) is 1.17. The van der Waals surface area contributed by atoms with Gasteiger partial charge in [0.1, 0.15) is 11.4 Å². The number of ether oxygens (including phenoxy) is 1. The lowest BCUT2D eigenvalue weighted by molar-refractivity contribution is 0.0601. The van der Waals surface area contributed by atoms with E-state index >= 15 is 0 Å². The van der Waals surface area contributed by atoms with E-state index in [9.17, 15) is 4.79 Å². The number of pyridine rings is 1. The van der Waals surface area contributed by atoms with Crippen LogP contribution in [0.4, 0.5) is 5.82 Å². The quantitative estimate of drug-likeness (QED) is 0.571. The Morgan fingerprint density at radius 3 is 2.77 bits per heavy atom. The van der Waals surface area contributed by atoms with Crippen molar-refractivity contribution in [2.45, 2.75) is 5.03 Å². The van der Waals surface area contributed by atoms with E-state index in [1.807, 2.05) is 6.26 Å². The number of nitrogens with zero attached hydrogens (tertiary/aromatic N) is 1. The van der Waals surface area contributed by atoms with Crippen LogP contribution in [0.3, 0.4) is 0 Å². The van der Waals surface area contributed by atoms with Crippen LogP contribution in [0, 0.1) is 0 Å². The minimum Gasteiger partial charge on any atom is -0.465 e. The molecule has 70 valence electrons. The highest BCUT2D eigenvalue weighted by Gasteiger charge is 2.10. The van der Waals surface area contributed by atoms with Crippen LogP contribution in [-0.2, 0) is 4.74 Å². The first-order chi connectivity index (χ1) is 6.19. The van der Waals surface area contributed by atoms with E-state index in [1.54, 1.807) is 12.1 Å². The molecule has 5 heteroatoms. The zero-order valence-corrected chi connectivity index (χ0v) is 8.22. The summed E-state index contributed by atoms with van der Waals surface area (Å²) in [4.78, 5) is 15.1. The van der Waals surface area contributed by atoms with Crippen LogP contribution in [0.15, 0.2) is 17.2 Å². The Hall–Kier alpha value is -1.23. The van der Waals surface area contributed by atoms with Crippen molar-refractivity contribution in [3.63, 3.8) is 0 Å². The lowest BCUT2D eigenvalue weighted by Gasteiger charge is -2.03. The first-order valence-corrected chi connectivity index (χ1v) is 4.80. The topological polar surface area (TPSA) is 65.2 Å². The molecule has 0 spiro atoms. The number of anilines is 1. The second kappa shape index (κ2) is 4.13. The summed E-state index contributed by atoms with van der Waals surface area (Å²) in [6.45, 7) is 0. The summed E-state index contributed by atoms with van der Waals surface area (Å²) < 4.78 is 4.52. The number of esters is 1. The molecule has 1 aromatic heterocycles. The molecule has 1 heterocycles. The van der Waals surface area contributed by atoms with Crippen molar-refractivity contribution in [3.8, 4) is 0 Å². The van der Waals surface area contributed by atoms with Crippen LogP contribution < -0.4 is 5.73 Å². The predicted molar refractivity (Wildman–Crippen MR) is 51.8 cm³/mol. The summed E-state index contributed by atoms with van der Waals surface area (Å²) in [7, 11) is 1.31. The van der Waals surface area contributed by atoms with Gasteiger partial charge in [0.05, 0.1) is 12.1 Å². The van der Waals surface area contributed by atoms with E-state index in [-0.39, 0.29) is 5.82 Å². The van der Waals surface area contributed by atoms with Crippen molar-refractivity contribution in [2.24, 2.45) is 0 Å². The largest absolute Gasteiger partial charge is 0.465 e. The number of rotatable bonds is 2. The SMILES string of the molecule is COC(=O)c1ccc(SC)nc1N. The van der Waals surface area contributed by atoms with E-state index in [2.05, 4.69) is 9.72 Å². The number of methoxy groups -OCH3 is 1. The maximum absolute atomic E-state index is 11.1. The summed E-state index contributed by atoms with van der Waals surface area (Å²) >= 11 is 1.47. The molecule has 0 aliphatic carbocycles. The Morgan fingerprint density at radius 1 is 1.62 bits per heavy atom. The van der Waals surface area contributed by atoms with Gasteiger partial charge in [-0.2, -0.15) is 0 Å². The number of aromatic nitrogens is 1. The van der Waals surface area contributed by atoms with E-state index in [4.69, 9.17) is 5.73 Å². The highest BCUT2D eigenvalue weighted by molar-refractivity contribution is 7.98. The van der Waals surface area contributed by atoms with Gasteiger partial charge < -0.3 is 10.5 Å². The molecule has 0 saturated carbocycles. The number of nitrogen functional groups attached to an aromatic ring is 1. The highest BCUT2D eigenvalue weighted by Crippen LogP contribution is 2.17.